The number of nitrogens with zero attached hydrogens (tertiary/aromatic N) is 2. The molecule has 120 valence electrons. The normalized spacial score (nSPS) is 30.2. The van der Waals surface area contributed by atoms with Crippen molar-refractivity contribution >= 4 is 18.0 Å². The van der Waals surface area contributed by atoms with Crippen LogP contribution in [0.15, 0.2) is 11.3 Å². The summed E-state index contributed by atoms with van der Waals surface area (Å²) in [4.78, 5) is 38.3. The standard InChI is InChI=1S/C14H18N2O6/c1-6-7(12(18)19)16-8-9(11(16)17)15(5-21-10(6)8)13(20)22-14(2,3)4/h8-10H,5H2,1-4H3,(H,18,19)/t8-,9+,10?/m1/s1. The third-order valence-electron chi connectivity index (χ3n) is 4.02. The fourth-order valence-corrected chi connectivity index (χ4v) is 3.18. The predicted molar refractivity (Wildman–Crippen MR) is 72.6 cm³/mol. The van der Waals surface area contributed by atoms with Gasteiger partial charge in [-0.2, -0.15) is 0 Å². The van der Waals surface area contributed by atoms with Gasteiger partial charge in [0.05, 0.1) is 6.04 Å². The Labute approximate surface area is 127 Å². The first-order chi connectivity index (χ1) is 10.1. The van der Waals surface area contributed by atoms with Gasteiger partial charge in [-0.15, -0.1) is 0 Å². The Bertz CT molecular complexity index is 605. The molecule has 2 fully saturated rings. The fourth-order valence-electron chi connectivity index (χ4n) is 3.18. The van der Waals surface area contributed by atoms with Crippen LogP contribution in [0.25, 0.3) is 0 Å². The van der Waals surface area contributed by atoms with Crippen molar-refractivity contribution in [2.45, 2.75) is 51.5 Å². The molecule has 0 aliphatic carbocycles. The van der Waals surface area contributed by atoms with Gasteiger partial charge in [0.25, 0.3) is 5.91 Å². The van der Waals surface area contributed by atoms with Gasteiger partial charge in [0, 0.05) is 0 Å². The molecular weight excluding hydrogens is 292 g/mol. The SMILES string of the molecule is CC1=C(C(=O)O)N2C(=O)[C@@H]3[C@@H]2C1OCN3C(=O)OC(C)(C)C. The van der Waals surface area contributed by atoms with E-state index >= 15 is 0 Å². The number of carboxylic acids is 1. The second-order valence-corrected chi connectivity index (χ2v) is 6.65. The van der Waals surface area contributed by atoms with Crippen LogP contribution in [0.2, 0.25) is 0 Å². The summed E-state index contributed by atoms with van der Waals surface area (Å²) in [5, 5.41) is 9.26. The van der Waals surface area contributed by atoms with Crippen LogP contribution in [0.1, 0.15) is 27.7 Å². The van der Waals surface area contributed by atoms with E-state index in [0.717, 1.165) is 0 Å². The zero-order valence-corrected chi connectivity index (χ0v) is 12.8. The molecule has 2 amide bonds. The molecule has 1 unspecified atom stereocenters. The first-order valence-corrected chi connectivity index (χ1v) is 7.02. The lowest BCUT2D eigenvalue weighted by Gasteiger charge is -2.52. The molecule has 0 saturated carbocycles. The van der Waals surface area contributed by atoms with Crippen LogP contribution in [0, 0.1) is 0 Å². The van der Waals surface area contributed by atoms with Crippen molar-refractivity contribution in [3.8, 4) is 0 Å². The van der Waals surface area contributed by atoms with Gasteiger partial charge >= 0.3 is 12.1 Å². The van der Waals surface area contributed by atoms with Crippen molar-refractivity contribution in [3.63, 3.8) is 0 Å². The summed E-state index contributed by atoms with van der Waals surface area (Å²) >= 11 is 0. The molecule has 3 rings (SSSR count). The molecule has 3 atom stereocenters. The average molecular weight is 310 g/mol. The Hall–Kier alpha value is -2.09. The number of aliphatic carboxylic acids is 1. The van der Waals surface area contributed by atoms with Crippen LogP contribution in [0.3, 0.4) is 0 Å². The smallest absolute Gasteiger partial charge is 0.412 e. The Morgan fingerprint density at radius 2 is 2.00 bits per heavy atom. The fraction of sp³-hybridized carbons (Fsp3) is 0.643. The van der Waals surface area contributed by atoms with E-state index in [0.29, 0.717) is 5.57 Å². The average Bonchev–Trinajstić information content (AvgIpc) is 2.67. The second kappa shape index (κ2) is 4.45. The van der Waals surface area contributed by atoms with Crippen LogP contribution in [0.5, 0.6) is 0 Å². The number of ether oxygens (including phenoxy) is 2. The molecule has 8 nitrogen and oxygen atoms in total. The van der Waals surface area contributed by atoms with E-state index < -0.39 is 41.8 Å². The third-order valence-corrected chi connectivity index (χ3v) is 4.02. The minimum absolute atomic E-state index is 0.0395. The van der Waals surface area contributed by atoms with Gasteiger partial charge in [0.1, 0.15) is 30.2 Å². The van der Waals surface area contributed by atoms with Crippen LogP contribution in [-0.2, 0) is 19.1 Å². The minimum atomic E-state index is -1.16. The van der Waals surface area contributed by atoms with Gasteiger partial charge < -0.3 is 14.6 Å². The van der Waals surface area contributed by atoms with E-state index in [2.05, 4.69) is 0 Å². The summed E-state index contributed by atoms with van der Waals surface area (Å²) in [6.45, 7) is 6.75. The van der Waals surface area contributed by atoms with Gasteiger partial charge in [0.2, 0.25) is 0 Å². The van der Waals surface area contributed by atoms with Gasteiger partial charge in [0.15, 0.2) is 0 Å². The van der Waals surface area contributed by atoms with Gasteiger partial charge in [-0.1, -0.05) is 0 Å². The molecule has 22 heavy (non-hydrogen) atoms. The molecule has 1 N–H and O–H groups in total. The maximum atomic E-state index is 12.3. The van der Waals surface area contributed by atoms with Gasteiger partial charge in [-0.3, -0.25) is 14.6 Å². The lowest BCUT2D eigenvalue weighted by atomic mass is 9.89. The van der Waals surface area contributed by atoms with E-state index in [1.54, 1.807) is 27.7 Å². The molecule has 0 aromatic carbocycles. The summed E-state index contributed by atoms with van der Waals surface area (Å²) in [5.41, 5.74) is -0.212. The Morgan fingerprint density at radius 3 is 2.55 bits per heavy atom. The van der Waals surface area contributed by atoms with Crippen molar-refractivity contribution in [1.82, 2.24) is 9.80 Å². The number of hydrogen-bond donors (Lipinski definition) is 1. The zero-order chi connectivity index (χ0) is 16.4. The number of hydrogen-bond acceptors (Lipinski definition) is 5. The molecule has 0 bridgehead atoms. The van der Waals surface area contributed by atoms with Crippen molar-refractivity contribution in [2.75, 3.05) is 6.73 Å². The summed E-state index contributed by atoms with van der Waals surface area (Å²) in [6.07, 6.45) is -1.11. The van der Waals surface area contributed by atoms with E-state index in [1.807, 2.05) is 0 Å². The first kappa shape index (κ1) is 14.8. The number of carboxylic acid groups (broad SMARTS) is 1. The van der Waals surface area contributed by atoms with E-state index in [-0.39, 0.29) is 12.4 Å². The topological polar surface area (TPSA) is 96.4 Å². The monoisotopic (exact) mass is 310 g/mol. The van der Waals surface area contributed by atoms with E-state index in [1.165, 1.54) is 9.80 Å². The van der Waals surface area contributed by atoms with Crippen LogP contribution in [-0.4, -0.2) is 63.4 Å². The van der Waals surface area contributed by atoms with Crippen molar-refractivity contribution in [3.05, 3.63) is 11.3 Å². The van der Waals surface area contributed by atoms with Crippen molar-refractivity contribution < 1.29 is 29.0 Å². The Morgan fingerprint density at radius 1 is 1.36 bits per heavy atom. The molecule has 0 spiro atoms. The molecule has 2 saturated heterocycles. The zero-order valence-electron chi connectivity index (χ0n) is 12.8. The number of β-lactam (4-membered cyclic amide) rings is 1. The minimum Gasteiger partial charge on any atom is -0.477 e. The largest absolute Gasteiger partial charge is 0.477 e. The van der Waals surface area contributed by atoms with Crippen molar-refractivity contribution in [2.24, 2.45) is 0 Å². The molecule has 3 aliphatic heterocycles. The maximum absolute atomic E-state index is 12.3. The van der Waals surface area contributed by atoms with Crippen molar-refractivity contribution in [1.29, 1.82) is 0 Å². The first-order valence-electron chi connectivity index (χ1n) is 7.02. The molecule has 8 heteroatoms. The lowest BCUT2D eigenvalue weighted by Crippen LogP contribution is -2.75. The highest BCUT2D eigenvalue weighted by atomic mass is 16.6. The van der Waals surface area contributed by atoms with Crippen LogP contribution in [0.4, 0.5) is 4.79 Å². The lowest BCUT2D eigenvalue weighted by molar-refractivity contribution is -0.184. The van der Waals surface area contributed by atoms with E-state index in [4.69, 9.17) is 9.47 Å². The van der Waals surface area contributed by atoms with Gasteiger partial charge in [-0.25, -0.2) is 9.59 Å². The Kier molecular flexibility index (Phi) is 3.00. The Balaban J connectivity index is 1.85. The molecule has 0 aromatic rings. The van der Waals surface area contributed by atoms with E-state index in [9.17, 15) is 19.5 Å². The quantitative estimate of drug-likeness (QED) is 0.710. The third kappa shape index (κ3) is 1.90. The second-order valence-electron chi connectivity index (χ2n) is 6.65. The molecule has 0 aromatic heterocycles. The summed E-state index contributed by atoms with van der Waals surface area (Å²) < 4.78 is 10.9. The number of rotatable bonds is 1. The van der Waals surface area contributed by atoms with Crippen LogP contribution < -0.4 is 0 Å². The summed E-state index contributed by atoms with van der Waals surface area (Å²) in [5.74, 6) is -1.57. The number of amides is 2. The molecule has 0 radical (unpaired) electrons. The summed E-state index contributed by atoms with van der Waals surface area (Å²) in [6, 6.07) is -1.19. The highest BCUT2D eigenvalue weighted by Gasteiger charge is 2.65. The summed E-state index contributed by atoms with van der Waals surface area (Å²) in [7, 11) is 0. The molecular formula is C14H18N2O6. The van der Waals surface area contributed by atoms with Gasteiger partial charge in [-0.05, 0) is 33.3 Å². The van der Waals surface area contributed by atoms with Crippen LogP contribution >= 0.6 is 0 Å². The highest BCUT2D eigenvalue weighted by Crippen LogP contribution is 2.45. The molecule has 3 aliphatic rings. The number of carbonyl (C=O) groups excluding carboxylic acids is 2. The highest BCUT2D eigenvalue weighted by molar-refractivity contribution is 6.03. The molecule has 3 heterocycles. The number of carbonyl (C=O) groups is 3. The predicted octanol–water partition coefficient (Wildman–Crippen LogP) is 0.531. The maximum Gasteiger partial charge on any atom is 0.412 e.